The third-order valence-electron chi connectivity index (χ3n) is 7.80. The molecule has 0 amide bonds. The maximum Gasteiger partial charge on any atom is 0.0795 e. The maximum absolute atomic E-state index is 4.81. The molecule has 0 aliphatic carbocycles. The van der Waals surface area contributed by atoms with E-state index in [1.807, 2.05) is 47.9 Å². The monoisotopic (exact) mass is 869 g/mol. The fourth-order valence-corrected chi connectivity index (χ4v) is 10.9. The molecule has 0 saturated heterocycles. The van der Waals surface area contributed by atoms with Crippen LogP contribution >= 0.6 is 11.3 Å². The Kier molecular flexibility index (Phi) is 10.8. The molecule has 0 bridgehead atoms. The quantitative estimate of drug-likeness (QED) is 0.128. The molecule has 0 fully saturated rings. The summed E-state index contributed by atoms with van der Waals surface area (Å²) < 4.78 is 4.26. The van der Waals surface area contributed by atoms with E-state index in [-0.39, 0.29) is 20.1 Å². The Morgan fingerprint density at radius 1 is 0.659 bits per heavy atom. The van der Waals surface area contributed by atoms with E-state index < -0.39 is 29.4 Å². The van der Waals surface area contributed by atoms with Gasteiger partial charge in [-0.15, -0.1) is 35.9 Å². The zero-order valence-electron chi connectivity index (χ0n) is 27.3. The molecule has 0 atom stereocenters. The van der Waals surface area contributed by atoms with Gasteiger partial charge in [-0.05, 0) is 10.9 Å². The van der Waals surface area contributed by atoms with Gasteiger partial charge in [0.15, 0.2) is 0 Å². The molecule has 0 aliphatic heterocycles. The van der Waals surface area contributed by atoms with E-state index in [4.69, 9.17) is 4.98 Å². The Morgan fingerprint density at radius 2 is 1.30 bits per heavy atom. The van der Waals surface area contributed by atoms with Crippen molar-refractivity contribution < 1.29 is 20.1 Å². The van der Waals surface area contributed by atoms with Gasteiger partial charge in [0.2, 0.25) is 0 Å². The van der Waals surface area contributed by atoms with Crippen molar-refractivity contribution in [3.63, 3.8) is 0 Å². The number of benzene rings is 3. The van der Waals surface area contributed by atoms with Gasteiger partial charge in [-0.2, -0.15) is 0 Å². The summed E-state index contributed by atoms with van der Waals surface area (Å²) in [7, 11) is -2.56. The van der Waals surface area contributed by atoms with Crippen molar-refractivity contribution in [1.29, 1.82) is 0 Å². The second-order valence-electron chi connectivity index (χ2n) is 14.3. The topological polar surface area (TPSA) is 25.8 Å². The van der Waals surface area contributed by atoms with Crippen LogP contribution in [-0.2, 0) is 20.1 Å². The van der Waals surface area contributed by atoms with E-state index in [0.717, 1.165) is 22.5 Å². The van der Waals surface area contributed by atoms with Gasteiger partial charge in [-0.1, -0.05) is 31.8 Å². The van der Waals surface area contributed by atoms with Crippen LogP contribution in [0.1, 0.15) is 0 Å². The van der Waals surface area contributed by atoms with Crippen LogP contribution in [0, 0.1) is 12.1 Å². The van der Waals surface area contributed by atoms with Crippen molar-refractivity contribution in [3.8, 4) is 22.5 Å². The fourth-order valence-electron chi connectivity index (χ4n) is 4.93. The van der Waals surface area contributed by atoms with Crippen molar-refractivity contribution in [2.75, 3.05) is 0 Å². The molecular weight excluding hydrogens is 825 g/mol. The van der Waals surface area contributed by atoms with Crippen molar-refractivity contribution in [1.82, 2.24) is 9.97 Å². The van der Waals surface area contributed by atoms with Crippen molar-refractivity contribution in [2.45, 2.75) is 56.6 Å². The third-order valence-corrected chi connectivity index (χ3v) is 17.3. The minimum absolute atomic E-state index is 0. The SMILES string of the molecule is C[Si](C)(C)c1ccc(-c2[c-]ccc3c2sc2c[c]([Ge]([CH3])([CH3])[CH3])ccc23)nc1.C[Si](C)(C)c1ccc(-c2[c-]cccc2)nc1.[Ir]. The normalized spacial score (nSPS) is 12.0. The van der Waals surface area contributed by atoms with E-state index in [9.17, 15) is 0 Å². The first-order chi connectivity index (χ1) is 20.2. The maximum atomic E-state index is 4.81. The van der Waals surface area contributed by atoms with Crippen molar-refractivity contribution >= 4 is 75.7 Å². The van der Waals surface area contributed by atoms with Gasteiger partial charge in [0.1, 0.15) is 0 Å². The number of rotatable bonds is 5. The first-order valence-electron chi connectivity index (χ1n) is 15.0. The fraction of sp³-hybridized carbons (Fsp3) is 0.243. The molecule has 229 valence electrons. The molecule has 0 unspecified atom stereocenters. The summed E-state index contributed by atoms with van der Waals surface area (Å²) in [5, 5.41) is 5.48. The Morgan fingerprint density at radius 3 is 1.82 bits per heavy atom. The standard InChI is InChI=1S/C23H26GeNSSi.C14H16NSi.Ir/c1-24(2,3)16-10-12-18-19-8-7-9-20(23(19)26-22(18)14-16)21-13-11-17(15-25-21)27(4,5)6;1-16(2,3)13-9-10-14(15-11-13)12-7-5-4-6-8-12;/h7-8,10-15H,1-6H3;4-7,9-11H,1-3H3;/q2*-1;. The van der Waals surface area contributed by atoms with E-state index >= 15 is 0 Å². The van der Waals surface area contributed by atoms with Crippen LogP contribution < -0.4 is 14.8 Å². The van der Waals surface area contributed by atoms with Crippen LogP contribution in [0.5, 0.6) is 0 Å². The Hall–Kier alpha value is -2.19. The molecular formula is C37H42GeIrN2SSi2-2. The Balaban J connectivity index is 0.000000223. The molecule has 6 aromatic rings. The summed E-state index contributed by atoms with van der Waals surface area (Å²) in [5.74, 6) is 7.37. The Bertz CT molecular complexity index is 1850. The van der Waals surface area contributed by atoms with Crippen molar-refractivity contribution in [3.05, 3.63) is 103 Å². The molecule has 0 N–H and O–H groups in total. The number of fused-ring (bicyclic) bond motifs is 3. The minimum Gasteiger partial charge on any atom is -0.305 e. The number of hydrogen-bond acceptors (Lipinski definition) is 3. The molecule has 3 aromatic carbocycles. The van der Waals surface area contributed by atoms with E-state index in [0.29, 0.717) is 0 Å². The summed E-state index contributed by atoms with van der Waals surface area (Å²) in [6, 6.07) is 34.7. The number of aromatic nitrogens is 2. The number of thiophene rings is 1. The molecule has 44 heavy (non-hydrogen) atoms. The predicted octanol–water partition coefficient (Wildman–Crippen LogP) is 9.10. The van der Waals surface area contributed by atoms with Gasteiger partial charge in [-0.25, -0.2) is 0 Å². The van der Waals surface area contributed by atoms with Gasteiger partial charge in [0.25, 0.3) is 0 Å². The second kappa shape index (κ2) is 13.7. The Labute approximate surface area is 286 Å². The average molecular weight is 868 g/mol. The summed E-state index contributed by atoms with van der Waals surface area (Å²) >= 11 is 0.0648. The van der Waals surface area contributed by atoms with Crippen LogP contribution in [0.2, 0.25) is 56.6 Å². The molecule has 1 radical (unpaired) electrons. The van der Waals surface area contributed by atoms with Crippen LogP contribution in [0.3, 0.4) is 0 Å². The number of nitrogens with zero attached hydrogens (tertiary/aromatic N) is 2. The summed E-state index contributed by atoms with van der Waals surface area (Å²) in [6.45, 7) is 14.1. The average Bonchev–Trinajstić information content (AvgIpc) is 3.35. The summed E-state index contributed by atoms with van der Waals surface area (Å²) in [5.41, 5.74) is 4.23. The van der Waals surface area contributed by atoms with Gasteiger partial charge in [0.05, 0.1) is 8.07 Å². The number of pyridine rings is 2. The zero-order valence-corrected chi connectivity index (χ0v) is 34.6. The van der Waals surface area contributed by atoms with Crippen LogP contribution in [0.4, 0.5) is 0 Å². The molecule has 3 aromatic heterocycles. The van der Waals surface area contributed by atoms with E-state index in [2.05, 4.69) is 128 Å². The van der Waals surface area contributed by atoms with E-state index in [1.165, 1.54) is 30.5 Å². The first-order valence-corrected chi connectivity index (χ1v) is 30.2. The van der Waals surface area contributed by atoms with Gasteiger partial charge >= 0.3 is 170 Å². The van der Waals surface area contributed by atoms with Crippen LogP contribution in [0.25, 0.3) is 42.7 Å². The van der Waals surface area contributed by atoms with Crippen LogP contribution in [0.15, 0.2) is 91.3 Å². The van der Waals surface area contributed by atoms with Crippen molar-refractivity contribution in [2.24, 2.45) is 0 Å². The zero-order chi connectivity index (χ0) is 31.0. The molecule has 6 rings (SSSR count). The molecule has 0 spiro atoms. The molecule has 2 nitrogen and oxygen atoms in total. The predicted molar refractivity (Wildman–Crippen MR) is 199 cm³/mol. The molecule has 0 aliphatic rings. The van der Waals surface area contributed by atoms with Gasteiger partial charge < -0.3 is 4.98 Å². The number of hydrogen-bond donors (Lipinski definition) is 0. The summed E-state index contributed by atoms with van der Waals surface area (Å²) in [4.78, 5) is 9.33. The largest absolute Gasteiger partial charge is 0.305 e. The minimum atomic E-state index is -1.83. The molecule has 0 saturated carbocycles. The van der Waals surface area contributed by atoms with E-state index in [1.54, 1.807) is 4.40 Å². The summed E-state index contributed by atoms with van der Waals surface area (Å²) in [6.07, 6.45) is 4.09. The molecule has 3 heterocycles. The smallest absolute Gasteiger partial charge is 0.0795 e. The van der Waals surface area contributed by atoms with Gasteiger partial charge in [0, 0.05) is 26.3 Å². The third kappa shape index (κ3) is 7.96. The second-order valence-corrected chi connectivity index (χ2v) is 36.2. The van der Waals surface area contributed by atoms with Gasteiger partial charge in [-0.3, -0.25) is 0 Å². The first kappa shape index (κ1) is 34.7. The molecule has 7 heteroatoms. The van der Waals surface area contributed by atoms with Crippen LogP contribution in [-0.4, -0.2) is 39.4 Å².